The lowest BCUT2D eigenvalue weighted by Gasteiger charge is -2.31. The average Bonchev–Trinajstić information content (AvgIpc) is 2.86. The fourth-order valence-electron chi connectivity index (χ4n) is 3.50. The number of hydrogen-bond donors (Lipinski definition) is 0. The molecule has 3 rings (SSSR count). The van der Waals surface area contributed by atoms with E-state index in [-0.39, 0.29) is 16.8 Å². The van der Waals surface area contributed by atoms with E-state index in [1.807, 2.05) is 24.2 Å². The van der Waals surface area contributed by atoms with Crippen LogP contribution in [0.15, 0.2) is 47.5 Å². The molecule has 134 valence electrons. The Morgan fingerprint density at radius 2 is 1.92 bits per heavy atom. The van der Waals surface area contributed by atoms with Gasteiger partial charge in [-0.15, -0.1) is 0 Å². The molecule has 0 bridgehead atoms. The maximum Gasteiger partial charge on any atom is 0.254 e. The summed E-state index contributed by atoms with van der Waals surface area (Å²) < 4.78 is 25.7. The molecule has 1 amide bonds. The van der Waals surface area contributed by atoms with E-state index in [0.717, 1.165) is 37.6 Å². The van der Waals surface area contributed by atoms with Crippen LogP contribution in [0.2, 0.25) is 0 Å². The summed E-state index contributed by atoms with van der Waals surface area (Å²) in [6.07, 6.45) is 7.24. The first-order valence-electron chi connectivity index (χ1n) is 8.60. The monoisotopic (exact) mass is 360 g/mol. The quantitative estimate of drug-likeness (QED) is 0.845. The van der Waals surface area contributed by atoms with Crippen LogP contribution >= 0.6 is 0 Å². The second kappa shape index (κ2) is 7.04. The molecular weight excluding hydrogens is 336 g/mol. The van der Waals surface area contributed by atoms with Crippen molar-refractivity contribution in [2.24, 2.45) is 7.05 Å². The van der Waals surface area contributed by atoms with Gasteiger partial charge in [0.25, 0.3) is 5.91 Å². The first-order chi connectivity index (χ1) is 11.9. The van der Waals surface area contributed by atoms with E-state index in [4.69, 9.17) is 0 Å². The number of sulfone groups is 1. The summed E-state index contributed by atoms with van der Waals surface area (Å²) >= 11 is 0. The van der Waals surface area contributed by atoms with Crippen LogP contribution in [0.3, 0.4) is 0 Å². The van der Waals surface area contributed by atoms with Gasteiger partial charge in [-0.05, 0) is 43.2 Å². The lowest BCUT2D eigenvalue weighted by atomic mass is 10.1. The minimum absolute atomic E-state index is 0.0249. The number of carbonyl (C=O) groups is 1. The van der Waals surface area contributed by atoms with Crippen LogP contribution in [0.25, 0.3) is 0 Å². The Hall–Kier alpha value is -2.08. The Morgan fingerprint density at radius 3 is 2.60 bits per heavy atom. The molecular formula is C19H24N2O3S. The van der Waals surface area contributed by atoms with Crippen LogP contribution < -0.4 is 0 Å². The van der Waals surface area contributed by atoms with Crippen molar-refractivity contribution in [2.45, 2.75) is 36.6 Å². The zero-order valence-corrected chi connectivity index (χ0v) is 15.5. The lowest BCUT2D eigenvalue weighted by Crippen LogP contribution is -2.35. The smallest absolute Gasteiger partial charge is 0.254 e. The summed E-state index contributed by atoms with van der Waals surface area (Å²) in [6, 6.07) is 10.4. The Morgan fingerprint density at radius 1 is 1.12 bits per heavy atom. The van der Waals surface area contributed by atoms with Crippen molar-refractivity contribution >= 4 is 15.7 Å². The maximum absolute atomic E-state index is 13.2. The first kappa shape index (κ1) is 17.7. The fraction of sp³-hybridized carbons (Fsp3) is 0.421. The van der Waals surface area contributed by atoms with Crippen LogP contribution in [0.1, 0.15) is 47.8 Å². The molecule has 1 aromatic heterocycles. The third-order valence-electron chi connectivity index (χ3n) is 4.85. The largest absolute Gasteiger partial charge is 0.353 e. The van der Waals surface area contributed by atoms with E-state index in [1.165, 1.54) is 12.1 Å². The molecule has 2 aromatic rings. The topological polar surface area (TPSA) is 59.4 Å². The number of aromatic nitrogens is 1. The molecule has 0 unspecified atom stereocenters. The fourth-order valence-corrected chi connectivity index (χ4v) is 4.17. The summed E-state index contributed by atoms with van der Waals surface area (Å²) in [5.74, 6) is -0.0985. The second-order valence-electron chi connectivity index (χ2n) is 6.71. The van der Waals surface area contributed by atoms with Crippen molar-refractivity contribution in [2.75, 3.05) is 12.8 Å². The standard InChI is InChI=1S/C19H24N2O3S/c1-20-12-7-11-17(20)18-10-4-3-5-13-21(18)19(22)15-8-6-9-16(14-15)25(2,23)24/h6-9,11-12,14,18H,3-5,10,13H2,1-2H3/t18-/m0/s1. The molecule has 1 aromatic carbocycles. The van der Waals surface area contributed by atoms with Crippen molar-refractivity contribution in [3.63, 3.8) is 0 Å². The van der Waals surface area contributed by atoms with Crippen molar-refractivity contribution in [1.29, 1.82) is 0 Å². The molecule has 25 heavy (non-hydrogen) atoms. The predicted molar refractivity (Wildman–Crippen MR) is 97.2 cm³/mol. The van der Waals surface area contributed by atoms with E-state index in [1.54, 1.807) is 12.1 Å². The molecule has 6 heteroatoms. The van der Waals surface area contributed by atoms with E-state index >= 15 is 0 Å². The predicted octanol–water partition coefficient (Wildman–Crippen LogP) is 3.19. The molecule has 1 atom stereocenters. The number of amides is 1. The summed E-state index contributed by atoms with van der Waals surface area (Å²) in [7, 11) is -1.34. The molecule has 2 heterocycles. The molecule has 0 spiro atoms. The van der Waals surface area contributed by atoms with Crippen LogP contribution in [0, 0.1) is 0 Å². The molecule has 0 N–H and O–H groups in total. The number of nitrogens with zero attached hydrogens (tertiary/aromatic N) is 2. The highest BCUT2D eigenvalue weighted by atomic mass is 32.2. The molecule has 5 nitrogen and oxygen atoms in total. The summed E-state index contributed by atoms with van der Waals surface area (Å²) in [5, 5.41) is 0. The van der Waals surface area contributed by atoms with E-state index in [9.17, 15) is 13.2 Å². The Balaban J connectivity index is 1.97. The van der Waals surface area contributed by atoms with Gasteiger partial charge in [0.1, 0.15) is 0 Å². The van der Waals surface area contributed by atoms with Crippen LogP contribution in [0.5, 0.6) is 0 Å². The average molecular weight is 360 g/mol. The molecule has 1 aliphatic heterocycles. The third kappa shape index (κ3) is 3.79. The van der Waals surface area contributed by atoms with Gasteiger partial charge >= 0.3 is 0 Å². The molecule has 0 aliphatic carbocycles. The zero-order chi connectivity index (χ0) is 18.0. The molecule has 0 saturated carbocycles. The second-order valence-corrected chi connectivity index (χ2v) is 8.72. The van der Waals surface area contributed by atoms with E-state index < -0.39 is 9.84 Å². The number of rotatable bonds is 3. The Bertz CT molecular complexity index is 870. The minimum atomic E-state index is -3.34. The van der Waals surface area contributed by atoms with Crippen molar-refractivity contribution in [3.8, 4) is 0 Å². The normalized spacial score (nSPS) is 18.8. The van der Waals surface area contributed by atoms with Crippen LogP contribution in [-0.4, -0.2) is 36.6 Å². The Kier molecular flexibility index (Phi) is 4.99. The highest BCUT2D eigenvalue weighted by Crippen LogP contribution is 2.31. The summed E-state index contributed by atoms with van der Waals surface area (Å²) in [5.41, 5.74) is 1.55. The number of carbonyl (C=O) groups excluding carboxylic acids is 1. The summed E-state index contributed by atoms with van der Waals surface area (Å²) in [4.78, 5) is 15.3. The van der Waals surface area contributed by atoms with Crippen molar-refractivity contribution in [1.82, 2.24) is 9.47 Å². The van der Waals surface area contributed by atoms with Crippen LogP contribution in [0.4, 0.5) is 0 Å². The van der Waals surface area contributed by atoms with Crippen LogP contribution in [-0.2, 0) is 16.9 Å². The van der Waals surface area contributed by atoms with Gasteiger partial charge < -0.3 is 9.47 Å². The van der Waals surface area contributed by atoms with Gasteiger partial charge in [-0.25, -0.2) is 8.42 Å². The number of benzene rings is 1. The number of aryl methyl sites for hydroxylation is 1. The zero-order valence-electron chi connectivity index (χ0n) is 14.7. The minimum Gasteiger partial charge on any atom is -0.353 e. The number of likely N-dealkylation sites (tertiary alicyclic amines) is 1. The van der Waals surface area contributed by atoms with E-state index in [0.29, 0.717) is 12.1 Å². The van der Waals surface area contributed by atoms with Gasteiger partial charge in [0.15, 0.2) is 9.84 Å². The molecule has 1 fully saturated rings. The van der Waals surface area contributed by atoms with Crippen molar-refractivity contribution in [3.05, 3.63) is 53.9 Å². The van der Waals surface area contributed by atoms with E-state index in [2.05, 4.69) is 10.6 Å². The molecule has 0 radical (unpaired) electrons. The first-order valence-corrected chi connectivity index (χ1v) is 10.5. The van der Waals surface area contributed by atoms with Gasteiger partial charge in [-0.1, -0.05) is 18.9 Å². The Labute approximate surface area is 149 Å². The summed E-state index contributed by atoms with van der Waals surface area (Å²) in [6.45, 7) is 0.692. The van der Waals surface area contributed by atoms with Gasteiger partial charge in [-0.3, -0.25) is 4.79 Å². The van der Waals surface area contributed by atoms with Gasteiger partial charge in [-0.2, -0.15) is 0 Å². The maximum atomic E-state index is 13.2. The van der Waals surface area contributed by atoms with Gasteiger partial charge in [0.2, 0.25) is 0 Å². The van der Waals surface area contributed by atoms with Gasteiger partial charge in [0, 0.05) is 37.3 Å². The molecule has 1 saturated heterocycles. The third-order valence-corrected chi connectivity index (χ3v) is 5.96. The lowest BCUT2D eigenvalue weighted by molar-refractivity contribution is 0.0674. The number of hydrogen-bond acceptors (Lipinski definition) is 3. The highest BCUT2D eigenvalue weighted by molar-refractivity contribution is 7.90. The highest BCUT2D eigenvalue weighted by Gasteiger charge is 2.29. The van der Waals surface area contributed by atoms with Gasteiger partial charge in [0.05, 0.1) is 10.9 Å². The molecule has 1 aliphatic rings. The SMILES string of the molecule is Cn1cccc1[C@@H]1CCCCCN1C(=O)c1cccc(S(C)(=O)=O)c1. The van der Waals surface area contributed by atoms with Crippen molar-refractivity contribution < 1.29 is 13.2 Å².